The molecule has 0 saturated carbocycles. The van der Waals surface area contributed by atoms with E-state index in [9.17, 15) is 9.59 Å². The Morgan fingerprint density at radius 1 is 0.818 bits per heavy atom. The van der Waals surface area contributed by atoms with Crippen LogP contribution in [-0.4, -0.2) is 45.6 Å². The summed E-state index contributed by atoms with van der Waals surface area (Å²) < 4.78 is 13.0. The first-order chi connectivity index (χ1) is 9.43. The van der Waals surface area contributed by atoms with E-state index in [0.29, 0.717) is 6.04 Å². The molecular formula is C15H38O4Si3. The summed E-state index contributed by atoms with van der Waals surface area (Å²) in [6.45, 7) is 21.0. The Hall–Kier alpha value is 0.491. The fourth-order valence-corrected chi connectivity index (χ4v) is 11.7. The summed E-state index contributed by atoms with van der Waals surface area (Å²) in [6, 6.07) is 1.25. The van der Waals surface area contributed by atoms with E-state index in [1.54, 1.807) is 6.55 Å². The van der Waals surface area contributed by atoms with Crippen LogP contribution in [0.5, 0.6) is 0 Å². The van der Waals surface area contributed by atoms with Gasteiger partial charge in [-0.2, -0.15) is 0 Å². The monoisotopic (exact) mass is 366 g/mol. The van der Waals surface area contributed by atoms with Crippen molar-refractivity contribution in [1.82, 2.24) is 0 Å². The van der Waals surface area contributed by atoms with Crippen LogP contribution in [-0.2, 0) is 8.85 Å². The second kappa shape index (κ2) is 7.16. The minimum absolute atomic E-state index is 0.135. The van der Waals surface area contributed by atoms with Crippen LogP contribution in [0.1, 0.15) is 41.0 Å². The quantitative estimate of drug-likeness (QED) is 0.606. The summed E-state index contributed by atoms with van der Waals surface area (Å²) >= 11 is 0. The van der Waals surface area contributed by atoms with Gasteiger partial charge in [0, 0.05) is 0 Å². The Bertz CT molecular complexity index is 360. The first kappa shape index (κ1) is 22.5. The Labute approximate surface area is 140 Å². The standard InChI is InChI=1S/C15H38O4Si3/c1-11-14(2,3)18-21(8,9)15(4,5)19-20(6,7)12-13-22(10,16)17/h16-17H,11-13H2,1-10H3. The van der Waals surface area contributed by atoms with Crippen molar-refractivity contribution in [2.45, 2.75) is 96.7 Å². The Morgan fingerprint density at radius 2 is 1.27 bits per heavy atom. The zero-order valence-corrected chi connectivity index (χ0v) is 19.3. The molecule has 0 aliphatic heterocycles. The maximum Gasteiger partial charge on any atom is 0.329 e. The van der Waals surface area contributed by atoms with Crippen molar-refractivity contribution in [3.8, 4) is 0 Å². The molecule has 0 aromatic carbocycles. The maximum atomic E-state index is 9.67. The number of hydrogen-bond donors (Lipinski definition) is 2. The van der Waals surface area contributed by atoms with Crippen molar-refractivity contribution >= 4 is 25.2 Å². The van der Waals surface area contributed by atoms with Crippen LogP contribution in [0.25, 0.3) is 0 Å². The summed E-state index contributed by atoms with van der Waals surface area (Å²) in [5.41, 5.74) is -0.135. The van der Waals surface area contributed by atoms with Crippen molar-refractivity contribution in [1.29, 1.82) is 0 Å². The first-order valence-corrected chi connectivity index (χ1v) is 16.9. The summed E-state index contributed by atoms with van der Waals surface area (Å²) in [4.78, 5) is 19.3. The van der Waals surface area contributed by atoms with E-state index in [1.807, 2.05) is 0 Å². The molecule has 0 fully saturated rings. The molecule has 0 radical (unpaired) electrons. The van der Waals surface area contributed by atoms with Gasteiger partial charge < -0.3 is 18.4 Å². The molecule has 0 aliphatic carbocycles. The molecule has 0 rings (SSSR count). The van der Waals surface area contributed by atoms with Crippen LogP contribution >= 0.6 is 0 Å². The fraction of sp³-hybridized carbons (Fsp3) is 1.00. The largest absolute Gasteiger partial charge is 0.412 e. The molecule has 4 nitrogen and oxygen atoms in total. The average molecular weight is 367 g/mol. The smallest absolute Gasteiger partial charge is 0.329 e. The summed E-state index contributed by atoms with van der Waals surface area (Å²) in [5, 5.41) is -0.308. The van der Waals surface area contributed by atoms with Crippen LogP contribution in [0.15, 0.2) is 0 Å². The molecule has 0 saturated heterocycles. The van der Waals surface area contributed by atoms with Crippen molar-refractivity contribution in [2.75, 3.05) is 0 Å². The third kappa shape index (κ3) is 7.85. The van der Waals surface area contributed by atoms with Crippen molar-refractivity contribution in [2.24, 2.45) is 0 Å². The van der Waals surface area contributed by atoms with E-state index in [0.717, 1.165) is 12.5 Å². The molecule has 2 N–H and O–H groups in total. The predicted octanol–water partition coefficient (Wildman–Crippen LogP) is 3.99. The molecule has 0 aromatic heterocycles. The van der Waals surface area contributed by atoms with E-state index >= 15 is 0 Å². The van der Waals surface area contributed by atoms with Gasteiger partial charge in [-0.25, -0.2) is 0 Å². The molecule has 0 spiro atoms. The number of rotatable bonds is 9. The Kier molecular flexibility index (Phi) is 7.32. The van der Waals surface area contributed by atoms with Gasteiger partial charge in [0.05, 0.1) is 10.8 Å². The SMILES string of the molecule is CCC(C)(C)O[Si](C)(C)C(C)(C)O[Si](C)(C)CC[Si](C)(O)O. The highest BCUT2D eigenvalue weighted by Crippen LogP contribution is 2.34. The zero-order valence-electron chi connectivity index (χ0n) is 16.3. The summed E-state index contributed by atoms with van der Waals surface area (Å²) in [7, 11) is -7.05. The zero-order chi connectivity index (χ0) is 18.0. The lowest BCUT2D eigenvalue weighted by molar-refractivity contribution is 0.0556. The molecule has 0 unspecified atom stereocenters. The molecular weight excluding hydrogens is 328 g/mol. The third-order valence-corrected chi connectivity index (χ3v) is 13.0. The first-order valence-electron chi connectivity index (χ1n) is 8.28. The van der Waals surface area contributed by atoms with Gasteiger partial charge in [0.15, 0.2) is 8.32 Å². The maximum absolute atomic E-state index is 9.67. The summed E-state index contributed by atoms with van der Waals surface area (Å²) in [5.74, 6) is 0. The van der Waals surface area contributed by atoms with Gasteiger partial charge in [0.1, 0.15) is 0 Å². The highest BCUT2D eigenvalue weighted by Gasteiger charge is 2.48. The van der Waals surface area contributed by atoms with E-state index in [2.05, 4.69) is 60.8 Å². The van der Waals surface area contributed by atoms with Gasteiger partial charge in [-0.3, -0.25) is 0 Å². The molecule has 0 bridgehead atoms. The van der Waals surface area contributed by atoms with Gasteiger partial charge in [-0.05, 0) is 78.9 Å². The highest BCUT2D eigenvalue weighted by atomic mass is 28.4. The van der Waals surface area contributed by atoms with Gasteiger partial charge in [-0.1, -0.05) is 6.92 Å². The normalized spacial score (nSPS) is 15.3. The fourth-order valence-electron chi connectivity index (χ4n) is 2.29. The molecule has 7 heteroatoms. The second-order valence-corrected chi connectivity index (χ2v) is 20.4. The van der Waals surface area contributed by atoms with Gasteiger partial charge in [-0.15, -0.1) is 0 Å². The molecule has 0 heterocycles. The molecule has 0 aromatic rings. The lowest BCUT2D eigenvalue weighted by Crippen LogP contribution is -2.61. The van der Waals surface area contributed by atoms with Crippen LogP contribution in [0.2, 0.25) is 44.8 Å². The number of hydrogen-bond acceptors (Lipinski definition) is 4. The lowest BCUT2D eigenvalue weighted by Gasteiger charge is -2.47. The van der Waals surface area contributed by atoms with Crippen molar-refractivity contribution in [3.05, 3.63) is 0 Å². The molecule has 134 valence electrons. The second-order valence-electron chi connectivity index (χ2n) is 8.81. The van der Waals surface area contributed by atoms with Crippen molar-refractivity contribution in [3.63, 3.8) is 0 Å². The summed E-state index contributed by atoms with van der Waals surface area (Å²) in [6.07, 6.45) is 0.972. The molecule has 0 aliphatic rings. The van der Waals surface area contributed by atoms with Gasteiger partial charge in [0.2, 0.25) is 8.32 Å². The average Bonchev–Trinajstić information content (AvgIpc) is 2.23. The highest BCUT2D eigenvalue weighted by molar-refractivity contribution is 6.78. The third-order valence-electron chi connectivity index (χ3n) is 4.56. The molecule has 0 atom stereocenters. The minimum atomic E-state index is -3.00. The van der Waals surface area contributed by atoms with E-state index < -0.39 is 25.2 Å². The van der Waals surface area contributed by atoms with Gasteiger partial charge >= 0.3 is 8.56 Å². The Morgan fingerprint density at radius 3 is 1.64 bits per heavy atom. The van der Waals surface area contributed by atoms with Crippen LogP contribution in [0, 0.1) is 0 Å². The van der Waals surface area contributed by atoms with Crippen LogP contribution < -0.4 is 0 Å². The van der Waals surface area contributed by atoms with E-state index in [1.165, 1.54) is 0 Å². The Balaban J connectivity index is 4.99. The molecule has 22 heavy (non-hydrogen) atoms. The lowest BCUT2D eigenvalue weighted by atomic mass is 10.1. The van der Waals surface area contributed by atoms with E-state index in [-0.39, 0.29) is 10.8 Å². The minimum Gasteiger partial charge on any atom is -0.412 e. The van der Waals surface area contributed by atoms with Crippen molar-refractivity contribution < 1.29 is 18.4 Å². The van der Waals surface area contributed by atoms with Crippen LogP contribution in [0.3, 0.4) is 0 Å². The predicted molar refractivity (Wildman–Crippen MR) is 101 cm³/mol. The van der Waals surface area contributed by atoms with E-state index in [4.69, 9.17) is 8.85 Å². The topological polar surface area (TPSA) is 58.9 Å². The van der Waals surface area contributed by atoms with Gasteiger partial charge in [0.25, 0.3) is 0 Å². The van der Waals surface area contributed by atoms with Crippen LogP contribution in [0.4, 0.5) is 0 Å². The molecule has 0 amide bonds.